The molecular formula is C63H41NO. The Morgan fingerprint density at radius 2 is 0.754 bits per heavy atom. The van der Waals surface area contributed by atoms with Crippen molar-refractivity contribution in [2.24, 2.45) is 0 Å². The number of nitrogens with zero attached hydrogens (tertiary/aromatic N) is 1. The number of benzene rings is 11. The predicted octanol–water partition coefficient (Wildman–Crippen LogP) is 16.9. The van der Waals surface area contributed by atoms with E-state index in [9.17, 15) is 0 Å². The first-order valence-corrected chi connectivity index (χ1v) is 22.4. The van der Waals surface area contributed by atoms with Crippen LogP contribution in [0.3, 0.4) is 0 Å². The summed E-state index contributed by atoms with van der Waals surface area (Å²) < 4.78 is 7.22. The number of anilines is 3. The van der Waals surface area contributed by atoms with Crippen molar-refractivity contribution in [2.75, 3.05) is 4.90 Å². The quantitative estimate of drug-likeness (QED) is 0.166. The number of rotatable bonds is 6. The summed E-state index contributed by atoms with van der Waals surface area (Å²) in [5.74, 6) is 1.85. The Kier molecular flexibility index (Phi) is 8.47. The Labute approximate surface area is 378 Å². The third kappa shape index (κ3) is 5.74. The molecule has 0 aromatic heterocycles. The van der Waals surface area contributed by atoms with Crippen molar-refractivity contribution in [3.63, 3.8) is 0 Å². The molecule has 11 aromatic rings. The third-order valence-electron chi connectivity index (χ3n) is 13.7. The average Bonchev–Trinajstić information content (AvgIpc) is 3.68. The maximum absolute atomic E-state index is 7.22. The highest BCUT2D eigenvalue weighted by Crippen LogP contribution is 2.65. The lowest BCUT2D eigenvalue weighted by atomic mass is 9.65. The lowest BCUT2D eigenvalue weighted by molar-refractivity contribution is 0.447. The first kappa shape index (κ1) is 37.1. The molecule has 13 rings (SSSR count). The van der Waals surface area contributed by atoms with Crippen molar-refractivity contribution in [2.45, 2.75) is 5.41 Å². The smallest absolute Gasteiger partial charge is 0.140 e. The standard InChI is InChI=1S/C63H41NO/c1-3-15-42(16-4-1)44-29-35-49(36-30-44)64(50-37-31-45(32-38-50)43-17-5-2-6-18-43)51-22-13-21-48(41-51)52-26-14-28-57-60(52)55-25-11-12-27-56(55)63(57)58-39-33-46-19-7-9-23-53(46)61(58)65-62-54-24-10-8-20-47(54)34-40-59(62)63/h1-41H. The number of hydrogen-bond acceptors (Lipinski definition) is 2. The molecule has 0 N–H and O–H groups in total. The van der Waals surface area contributed by atoms with Gasteiger partial charge in [0.15, 0.2) is 0 Å². The van der Waals surface area contributed by atoms with Crippen molar-refractivity contribution < 1.29 is 4.74 Å². The van der Waals surface area contributed by atoms with Gasteiger partial charge in [-0.15, -0.1) is 0 Å². The molecule has 0 atom stereocenters. The Balaban J connectivity index is 1.01. The van der Waals surface area contributed by atoms with E-state index < -0.39 is 5.41 Å². The lowest BCUT2D eigenvalue weighted by Gasteiger charge is -2.40. The van der Waals surface area contributed by atoms with Gasteiger partial charge in [0.25, 0.3) is 0 Å². The van der Waals surface area contributed by atoms with Gasteiger partial charge in [-0.3, -0.25) is 0 Å². The van der Waals surface area contributed by atoms with Gasteiger partial charge in [-0.05, 0) is 103 Å². The van der Waals surface area contributed by atoms with Gasteiger partial charge in [0.2, 0.25) is 0 Å². The van der Waals surface area contributed by atoms with Crippen LogP contribution in [0.2, 0.25) is 0 Å². The molecule has 1 aliphatic carbocycles. The first-order valence-electron chi connectivity index (χ1n) is 22.4. The number of hydrogen-bond donors (Lipinski definition) is 0. The fraction of sp³-hybridized carbons (Fsp3) is 0.0159. The summed E-state index contributed by atoms with van der Waals surface area (Å²) in [6.07, 6.45) is 0. The zero-order valence-electron chi connectivity index (χ0n) is 35.5. The van der Waals surface area contributed by atoms with Gasteiger partial charge >= 0.3 is 0 Å². The van der Waals surface area contributed by atoms with Gasteiger partial charge in [0.1, 0.15) is 11.5 Å². The molecule has 2 heteroatoms. The Hall–Kier alpha value is -8.46. The van der Waals surface area contributed by atoms with Crippen LogP contribution in [0, 0.1) is 0 Å². The largest absolute Gasteiger partial charge is 0.455 e. The van der Waals surface area contributed by atoms with E-state index >= 15 is 0 Å². The second kappa shape index (κ2) is 14.8. The summed E-state index contributed by atoms with van der Waals surface area (Å²) in [6.45, 7) is 0. The normalized spacial score (nSPS) is 12.9. The molecule has 11 aromatic carbocycles. The molecule has 65 heavy (non-hydrogen) atoms. The number of ether oxygens (including phenoxy) is 1. The molecule has 0 saturated heterocycles. The molecular weight excluding hydrogens is 787 g/mol. The van der Waals surface area contributed by atoms with E-state index in [-0.39, 0.29) is 0 Å². The van der Waals surface area contributed by atoms with E-state index in [1.165, 1.54) is 61.2 Å². The van der Waals surface area contributed by atoms with Crippen LogP contribution in [-0.4, -0.2) is 0 Å². The molecule has 0 bridgehead atoms. The molecule has 0 amide bonds. The fourth-order valence-corrected chi connectivity index (χ4v) is 10.8. The first-order chi connectivity index (χ1) is 32.2. The summed E-state index contributed by atoms with van der Waals surface area (Å²) in [7, 11) is 0. The molecule has 0 unspecified atom stereocenters. The van der Waals surface area contributed by atoms with E-state index in [0.717, 1.165) is 55.7 Å². The van der Waals surface area contributed by atoms with Gasteiger partial charge < -0.3 is 9.64 Å². The van der Waals surface area contributed by atoms with Gasteiger partial charge in [0, 0.05) is 39.0 Å². The molecule has 304 valence electrons. The monoisotopic (exact) mass is 827 g/mol. The predicted molar refractivity (Wildman–Crippen MR) is 270 cm³/mol. The Bertz CT molecular complexity index is 3440. The molecule has 0 radical (unpaired) electrons. The van der Waals surface area contributed by atoms with Crippen LogP contribution in [0.1, 0.15) is 22.3 Å². The van der Waals surface area contributed by atoms with Crippen molar-refractivity contribution in [1.82, 2.24) is 0 Å². The minimum absolute atomic E-state index is 0.621. The van der Waals surface area contributed by atoms with Gasteiger partial charge in [-0.25, -0.2) is 0 Å². The Morgan fingerprint density at radius 1 is 0.292 bits per heavy atom. The molecule has 2 aliphatic rings. The maximum atomic E-state index is 7.22. The van der Waals surface area contributed by atoms with Crippen LogP contribution in [0.5, 0.6) is 11.5 Å². The minimum atomic E-state index is -0.621. The van der Waals surface area contributed by atoms with Crippen molar-refractivity contribution in [3.8, 4) is 56.0 Å². The van der Waals surface area contributed by atoms with Crippen molar-refractivity contribution in [3.05, 3.63) is 271 Å². The fourth-order valence-electron chi connectivity index (χ4n) is 10.8. The van der Waals surface area contributed by atoms with E-state index in [2.05, 4.69) is 254 Å². The van der Waals surface area contributed by atoms with Gasteiger partial charge in [0.05, 0.1) is 5.41 Å². The molecule has 0 fully saturated rings. The number of fused-ring (bicyclic) bond motifs is 13. The van der Waals surface area contributed by atoms with Crippen LogP contribution in [0.25, 0.3) is 66.1 Å². The zero-order valence-corrected chi connectivity index (χ0v) is 35.5. The summed E-state index contributed by atoms with van der Waals surface area (Å²) in [5.41, 5.74) is 17.1. The highest BCUT2D eigenvalue weighted by molar-refractivity contribution is 6.02. The zero-order chi connectivity index (χ0) is 42.9. The van der Waals surface area contributed by atoms with Crippen LogP contribution < -0.4 is 9.64 Å². The third-order valence-corrected chi connectivity index (χ3v) is 13.7. The van der Waals surface area contributed by atoms with Crippen molar-refractivity contribution in [1.29, 1.82) is 0 Å². The van der Waals surface area contributed by atoms with Gasteiger partial charge in [-0.1, -0.05) is 212 Å². The van der Waals surface area contributed by atoms with Crippen LogP contribution in [-0.2, 0) is 5.41 Å². The summed E-state index contributed by atoms with van der Waals surface area (Å²) in [5, 5.41) is 4.56. The van der Waals surface area contributed by atoms with E-state index in [1.54, 1.807) is 0 Å². The molecule has 1 heterocycles. The van der Waals surface area contributed by atoms with E-state index in [1.807, 2.05) is 0 Å². The summed E-state index contributed by atoms with van der Waals surface area (Å²) in [4.78, 5) is 2.38. The lowest BCUT2D eigenvalue weighted by Crippen LogP contribution is -2.32. The topological polar surface area (TPSA) is 12.5 Å². The van der Waals surface area contributed by atoms with E-state index in [0.29, 0.717) is 0 Å². The van der Waals surface area contributed by atoms with Crippen molar-refractivity contribution >= 4 is 38.6 Å². The highest BCUT2D eigenvalue weighted by atomic mass is 16.5. The molecule has 0 saturated carbocycles. The molecule has 2 nitrogen and oxygen atoms in total. The second-order valence-corrected chi connectivity index (χ2v) is 17.2. The summed E-state index contributed by atoms with van der Waals surface area (Å²) >= 11 is 0. The van der Waals surface area contributed by atoms with Gasteiger partial charge in [-0.2, -0.15) is 0 Å². The molecule has 1 spiro atoms. The highest BCUT2D eigenvalue weighted by Gasteiger charge is 2.52. The van der Waals surface area contributed by atoms with Crippen LogP contribution in [0.4, 0.5) is 17.1 Å². The van der Waals surface area contributed by atoms with Crippen LogP contribution in [0.15, 0.2) is 249 Å². The molecule has 1 aliphatic heterocycles. The van der Waals surface area contributed by atoms with Crippen LogP contribution >= 0.6 is 0 Å². The second-order valence-electron chi connectivity index (χ2n) is 17.2. The SMILES string of the molecule is c1ccc(-c2ccc(N(c3ccc(-c4ccccc4)cc3)c3cccc(-c4cccc5c4-c4ccccc4C54c5ccc6ccccc6c5Oc5c4ccc4ccccc54)c3)cc2)cc1. The average molecular weight is 828 g/mol. The minimum Gasteiger partial charge on any atom is -0.455 e. The Morgan fingerprint density at radius 3 is 1.35 bits per heavy atom. The maximum Gasteiger partial charge on any atom is 0.140 e. The van der Waals surface area contributed by atoms with E-state index in [4.69, 9.17) is 4.74 Å². The summed E-state index contributed by atoms with van der Waals surface area (Å²) in [6, 6.07) is 90.6.